The second kappa shape index (κ2) is 7.30. The second-order valence-electron chi connectivity index (χ2n) is 5.54. The van der Waals surface area contributed by atoms with Crippen LogP contribution in [0.4, 0.5) is 5.13 Å². The molecule has 0 spiro atoms. The van der Waals surface area contributed by atoms with Gasteiger partial charge in [-0.3, -0.25) is 9.20 Å². The predicted octanol–water partition coefficient (Wildman–Crippen LogP) is 3.35. The van der Waals surface area contributed by atoms with E-state index >= 15 is 0 Å². The molecule has 4 heterocycles. The number of fused-ring (bicyclic) bond motifs is 1. The fourth-order valence-electron chi connectivity index (χ4n) is 2.49. The highest BCUT2D eigenvalue weighted by Gasteiger charge is 2.08. The minimum Gasteiger partial charge on any atom is -0.467 e. The molecule has 4 aromatic rings. The molecule has 9 heteroatoms. The van der Waals surface area contributed by atoms with Crippen molar-refractivity contribution in [2.45, 2.75) is 23.6 Å². The highest BCUT2D eigenvalue weighted by Crippen LogP contribution is 2.28. The van der Waals surface area contributed by atoms with E-state index in [1.54, 1.807) is 16.7 Å². The molecule has 0 saturated carbocycles. The Balaban J connectivity index is 1.43. The average Bonchev–Trinajstić information content (AvgIpc) is 3.30. The van der Waals surface area contributed by atoms with Gasteiger partial charge in [0.1, 0.15) is 11.4 Å². The summed E-state index contributed by atoms with van der Waals surface area (Å²) in [6.07, 6.45) is 1.64. The van der Waals surface area contributed by atoms with E-state index < -0.39 is 0 Å². The number of thioether (sulfide) groups is 1. The van der Waals surface area contributed by atoms with Gasteiger partial charge in [0.05, 0.1) is 18.5 Å². The number of nitrogens with one attached hydrogen (secondary N) is 1. The van der Waals surface area contributed by atoms with Gasteiger partial charge in [0.2, 0.25) is 5.13 Å². The van der Waals surface area contributed by atoms with Crippen LogP contribution in [0.3, 0.4) is 0 Å². The van der Waals surface area contributed by atoms with Crippen molar-refractivity contribution in [1.82, 2.24) is 19.6 Å². The molecule has 1 N–H and O–H groups in total. The van der Waals surface area contributed by atoms with Crippen molar-refractivity contribution < 1.29 is 4.42 Å². The van der Waals surface area contributed by atoms with E-state index in [9.17, 15) is 4.79 Å². The van der Waals surface area contributed by atoms with E-state index in [2.05, 4.69) is 20.5 Å². The van der Waals surface area contributed by atoms with Crippen molar-refractivity contribution in [3.63, 3.8) is 0 Å². The van der Waals surface area contributed by atoms with Crippen LogP contribution >= 0.6 is 23.1 Å². The molecule has 0 aliphatic rings. The Morgan fingerprint density at radius 1 is 1.27 bits per heavy atom. The van der Waals surface area contributed by atoms with Gasteiger partial charge in [0.15, 0.2) is 4.34 Å². The molecule has 0 unspecified atom stereocenters. The molecule has 4 rings (SSSR count). The molecule has 0 saturated heterocycles. The van der Waals surface area contributed by atoms with Gasteiger partial charge in [0, 0.05) is 17.5 Å². The van der Waals surface area contributed by atoms with Crippen LogP contribution in [0.2, 0.25) is 0 Å². The van der Waals surface area contributed by atoms with Gasteiger partial charge in [-0.25, -0.2) is 4.98 Å². The normalized spacial score (nSPS) is 11.1. The molecular weight excluding hydrogens is 370 g/mol. The van der Waals surface area contributed by atoms with Gasteiger partial charge in [-0.15, -0.1) is 10.2 Å². The molecule has 0 aliphatic heterocycles. The lowest BCUT2D eigenvalue weighted by Gasteiger charge is -2.05. The summed E-state index contributed by atoms with van der Waals surface area (Å²) in [5, 5.41) is 12.2. The van der Waals surface area contributed by atoms with Crippen LogP contribution in [0.15, 0.2) is 56.2 Å². The summed E-state index contributed by atoms with van der Waals surface area (Å²) in [6, 6.07) is 10.9. The summed E-state index contributed by atoms with van der Waals surface area (Å²) in [6.45, 7) is 2.46. The Bertz CT molecular complexity index is 1090. The summed E-state index contributed by atoms with van der Waals surface area (Å²) in [7, 11) is 0. The zero-order valence-corrected chi connectivity index (χ0v) is 15.5. The first-order valence-electron chi connectivity index (χ1n) is 7.90. The Hall–Kier alpha value is -2.65. The SMILES string of the molecule is Cc1cccc2nc(CSc3nnc(NCc4ccco4)s3)cc(=O)n12. The summed E-state index contributed by atoms with van der Waals surface area (Å²) < 4.78 is 7.70. The van der Waals surface area contributed by atoms with Crippen molar-refractivity contribution in [1.29, 1.82) is 0 Å². The highest BCUT2D eigenvalue weighted by atomic mass is 32.2. The fourth-order valence-corrected chi connectivity index (χ4v) is 4.13. The first kappa shape index (κ1) is 16.8. The number of aromatic nitrogens is 4. The maximum atomic E-state index is 12.3. The first-order valence-corrected chi connectivity index (χ1v) is 9.70. The largest absolute Gasteiger partial charge is 0.467 e. The number of furan rings is 1. The Morgan fingerprint density at radius 2 is 2.19 bits per heavy atom. The predicted molar refractivity (Wildman–Crippen MR) is 102 cm³/mol. The number of nitrogens with zero attached hydrogens (tertiary/aromatic N) is 4. The van der Waals surface area contributed by atoms with Crippen LogP contribution in [0.25, 0.3) is 5.65 Å². The molecule has 0 radical (unpaired) electrons. The standard InChI is InChI=1S/C17H15N5O2S2/c1-11-4-2-6-14-19-12(8-15(23)22(11)14)10-25-17-21-20-16(26-17)18-9-13-5-3-7-24-13/h2-8H,9-10H2,1H3,(H,18,20). The topological polar surface area (TPSA) is 85.3 Å². The lowest BCUT2D eigenvalue weighted by Crippen LogP contribution is -2.17. The summed E-state index contributed by atoms with van der Waals surface area (Å²) >= 11 is 2.97. The second-order valence-corrected chi connectivity index (χ2v) is 7.74. The third-order valence-electron chi connectivity index (χ3n) is 3.68. The summed E-state index contributed by atoms with van der Waals surface area (Å²) in [5.74, 6) is 1.40. The van der Waals surface area contributed by atoms with Crippen LogP contribution < -0.4 is 10.9 Å². The monoisotopic (exact) mass is 385 g/mol. The van der Waals surface area contributed by atoms with Gasteiger partial charge in [-0.05, 0) is 31.2 Å². The molecule has 0 aromatic carbocycles. The van der Waals surface area contributed by atoms with E-state index in [1.165, 1.54) is 23.1 Å². The zero-order chi connectivity index (χ0) is 17.9. The van der Waals surface area contributed by atoms with Gasteiger partial charge >= 0.3 is 0 Å². The number of aryl methyl sites for hydroxylation is 1. The molecule has 0 amide bonds. The third-order valence-corrected chi connectivity index (χ3v) is 5.72. The van der Waals surface area contributed by atoms with Crippen LogP contribution in [-0.2, 0) is 12.3 Å². The molecule has 4 aromatic heterocycles. The van der Waals surface area contributed by atoms with E-state index in [1.807, 2.05) is 37.3 Å². The van der Waals surface area contributed by atoms with E-state index in [-0.39, 0.29) is 5.56 Å². The van der Waals surface area contributed by atoms with Gasteiger partial charge in [-0.1, -0.05) is 29.2 Å². The Morgan fingerprint density at radius 3 is 3.04 bits per heavy atom. The molecule has 7 nitrogen and oxygen atoms in total. The number of rotatable bonds is 6. The zero-order valence-electron chi connectivity index (χ0n) is 13.9. The number of hydrogen-bond acceptors (Lipinski definition) is 8. The summed E-state index contributed by atoms with van der Waals surface area (Å²) in [5.41, 5.74) is 2.19. The Labute approximate surface area is 157 Å². The van der Waals surface area contributed by atoms with Crippen LogP contribution in [0.1, 0.15) is 17.1 Å². The molecule has 0 bridgehead atoms. The first-order chi connectivity index (χ1) is 12.7. The van der Waals surface area contributed by atoms with Crippen molar-refractivity contribution in [3.8, 4) is 0 Å². The minimum atomic E-state index is -0.0678. The van der Waals surface area contributed by atoms with E-state index in [0.29, 0.717) is 17.9 Å². The molecule has 0 atom stereocenters. The van der Waals surface area contributed by atoms with Crippen molar-refractivity contribution in [2.24, 2.45) is 0 Å². The number of hydrogen-bond donors (Lipinski definition) is 1. The molecular formula is C17H15N5O2S2. The maximum Gasteiger partial charge on any atom is 0.258 e. The van der Waals surface area contributed by atoms with Crippen molar-refractivity contribution in [2.75, 3.05) is 5.32 Å². The van der Waals surface area contributed by atoms with E-state index in [4.69, 9.17) is 4.42 Å². The van der Waals surface area contributed by atoms with Crippen molar-refractivity contribution >= 4 is 33.9 Å². The third kappa shape index (κ3) is 3.63. The molecule has 132 valence electrons. The molecule has 26 heavy (non-hydrogen) atoms. The lowest BCUT2D eigenvalue weighted by atomic mass is 10.3. The van der Waals surface area contributed by atoms with Gasteiger partial charge in [-0.2, -0.15) is 0 Å². The lowest BCUT2D eigenvalue weighted by molar-refractivity contribution is 0.518. The Kier molecular flexibility index (Phi) is 4.72. The van der Waals surface area contributed by atoms with E-state index in [0.717, 1.165) is 26.6 Å². The van der Waals surface area contributed by atoms with Gasteiger partial charge < -0.3 is 9.73 Å². The fraction of sp³-hybridized carbons (Fsp3) is 0.176. The number of anilines is 1. The van der Waals surface area contributed by atoms with Crippen LogP contribution in [0, 0.1) is 6.92 Å². The number of pyridine rings is 1. The smallest absolute Gasteiger partial charge is 0.258 e. The molecule has 0 aliphatic carbocycles. The minimum absolute atomic E-state index is 0.0678. The highest BCUT2D eigenvalue weighted by molar-refractivity contribution is 8.00. The average molecular weight is 385 g/mol. The summed E-state index contributed by atoms with van der Waals surface area (Å²) in [4.78, 5) is 16.9. The molecule has 0 fully saturated rings. The van der Waals surface area contributed by atoms with Crippen LogP contribution in [0.5, 0.6) is 0 Å². The maximum absolute atomic E-state index is 12.3. The van der Waals surface area contributed by atoms with Gasteiger partial charge in [0.25, 0.3) is 5.56 Å². The van der Waals surface area contributed by atoms with Crippen molar-refractivity contribution in [3.05, 3.63) is 70.2 Å². The quantitative estimate of drug-likeness (QED) is 0.509. The van der Waals surface area contributed by atoms with Crippen LogP contribution in [-0.4, -0.2) is 19.6 Å².